The van der Waals surface area contributed by atoms with Crippen LogP contribution in [0.4, 0.5) is 11.4 Å². The normalized spacial score (nSPS) is 10.7. The van der Waals surface area contributed by atoms with Gasteiger partial charge in [-0.25, -0.2) is 19.7 Å². The molecule has 73 heavy (non-hydrogen) atoms. The number of nitriles is 4. The number of rotatable bonds is 8. The highest BCUT2D eigenvalue weighted by molar-refractivity contribution is 6.13. The van der Waals surface area contributed by atoms with Crippen molar-refractivity contribution in [3.8, 4) is 108 Å². The van der Waals surface area contributed by atoms with E-state index in [-0.39, 0.29) is 0 Å². The Balaban J connectivity index is 1.29. The van der Waals surface area contributed by atoms with Crippen LogP contribution in [0.2, 0.25) is 0 Å². The maximum atomic E-state index is 10.9. The molecule has 0 N–H and O–H groups in total. The Morgan fingerprint density at radius 3 is 1.48 bits per heavy atom. The molecular formula is C64H33N9. The quantitative estimate of drug-likeness (QED) is 0.139. The van der Waals surface area contributed by atoms with E-state index in [1.807, 2.05) is 140 Å². The summed E-state index contributed by atoms with van der Waals surface area (Å²) < 4.78 is 2.17. The summed E-state index contributed by atoms with van der Waals surface area (Å²) in [4.78, 5) is 17.7. The second-order valence-electron chi connectivity index (χ2n) is 17.1. The molecule has 9 aromatic carbocycles. The summed E-state index contributed by atoms with van der Waals surface area (Å²) in [5.74, 6) is 0.528. The minimum Gasteiger partial charge on any atom is -0.308 e. The van der Waals surface area contributed by atoms with Gasteiger partial charge in [-0.3, -0.25) is 0 Å². The SMILES string of the molecule is [C-]#[N+]c1ccc(-c2ccc3c(c2)c2cc(-c4ccc(C#N)cc4[N+]#[C-])ccc2n3-c2c(-c3ccccc3C#N)cc(-c3cc(-c4ccccc4)nc(-c4ccccc4)n3)cc2-c2ccccc2C#N)c(C#N)c1. The van der Waals surface area contributed by atoms with Gasteiger partial charge in [0.25, 0.3) is 0 Å². The molecule has 0 aliphatic carbocycles. The number of nitrogens with zero attached hydrogens (tertiary/aromatic N) is 9. The Hall–Kier alpha value is -11.2. The largest absolute Gasteiger partial charge is 0.308 e. The molecule has 0 bridgehead atoms. The molecule has 0 saturated carbocycles. The lowest BCUT2D eigenvalue weighted by Gasteiger charge is -2.22. The van der Waals surface area contributed by atoms with Crippen molar-refractivity contribution in [3.63, 3.8) is 0 Å². The van der Waals surface area contributed by atoms with E-state index in [1.54, 1.807) is 48.5 Å². The van der Waals surface area contributed by atoms with Gasteiger partial charge in [0.15, 0.2) is 17.2 Å². The summed E-state index contributed by atoms with van der Waals surface area (Å²) in [5, 5.41) is 43.4. The number of fused-ring (bicyclic) bond motifs is 3. The lowest BCUT2D eigenvalue weighted by atomic mass is 9.88. The van der Waals surface area contributed by atoms with E-state index in [4.69, 9.17) is 23.1 Å². The molecule has 0 saturated heterocycles. The van der Waals surface area contributed by atoms with Crippen LogP contribution < -0.4 is 0 Å². The van der Waals surface area contributed by atoms with E-state index in [0.29, 0.717) is 89.9 Å². The van der Waals surface area contributed by atoms with E-state index in [2.05, 4.69) is 50.7 Å². The first-order valence-corrected chi connectivity index (χ1v) is 23.0. The second kappa shape index (κ2) is 18.7. The van der Waals surface area contributed by atoms with Gasteiger partial charge in [0, 0.05) is 60.8 Å². The van der Waals surface area contributed by atoms with Crippen LogP contribution >= 0.6 is 0 Å². The molecule has 0 spiro atoms. The highest BCUT2D eigenvalue weighted by atomic mass is 15.0. The predicted molar refractivity (Wildman–Crippen MR) is 286 cm³/mol. The fourth-order valence-corrected chi connectivity index (χ4v) is 9.62. The molecule has 0 amide bonds. The Labute approximate surface area is 420 Å². The smallest absolute Gasteiger partial charge is 0.196 e. The average molecular weight is 928 g/mol. The van der Waals surface area contributed by atoms with Crippen molar-refractivity contribution in [2.75, 3.05) is 0 Å². The predicted octanol–water partition coefficient (Wildman–Crippen LogP) is 15.8. The first-order chi connectivity index (χ1) is 35.9. The van der Waals surface area contributed by atoms with Gasteiger partial charge in [0.2, 0.25) is 0 Å². The van der Waals surface area contributed by atoms with Gasteiger partial charge >= 0.3 is 0 Å². The number of hydrogen-bond donors (Lipinski definition) is 0. The summed E-state index contributed by atoms with van der Waals surface area (Å²) in [6, 6.07) is 72.4. The summed E-state index contributed by atoms with van der Waals surface area (Å²) in [5.41, 5.74) is 13.8. The van der Waals surface area contributed by atoms with Crippen LogP contribution in [0.3, 0.4) is 0 Å². The molecule has 334 valence electrons. The second-order valence-corrected chi connectivity index (χ2v) is 17.1. The summed E-state index contributed by atoms with van der Waals surface area (Å²) in [7, 11) is 0. The average Bonchev–Trinajstić information content (AvgIpc) is 3.79. The molecule has 0 fully saturated rings. The topological polar surface area (TPSA) is 135 Å². The standard InChI is InChI=1S/C64H33N9/c1-69-49-24-26-50(48(30-49)39-68)43-22-27-61-54(31-43)55-32-44(53-25-21-40(36-65)29-60(53)70-2)23-28-62(55)73(61)63-56(51-19-11-9-17-45(51)37-66)33-47(34-57(63)52-20-12-10-18-46(52)38-67)59-35-58(41-13-5-3-6-14-41)71-64(72-59)42-15-7-4-8-16-42/h3-35H. The van der Waals surface area contributed by atoms with Crippen molar-refractivity contribution in [3.05, 3.63) is 245 Å². The van der Waals surface area contributed by atoms with E-state index in [1.165, 1.54) is 0 Å². The summed E-state index contributed by atoms with van der Waals surface area (Å²) in [6.07, 6.45) is 0. The molecule has 0 aliphatic rings. The van der Waals surface area contributed by atoms with Gasteiger partial charge in [0.05, 0.1) is 76.7 Å². The van der Waals surface area contributed by atoms with E-state index in [9.17, 15) is 21.0 Å². The third-order valence-corrected chi connectivity index (χ3v) is 13.0. The lowest BCUT2D eigenvalue weighted by molar-refractivity contribution is 1.17. The molecule has 9 nitrogen and oxygen atoms in total. The van der Waals surface area contributed by atoms with Gasteiger partial charge in [-0.2, -0.15) is 21.0 Å². The van der Waals surface area contributed by atoms with Crippen molar-refractivity contribution in [2.45, 2.75) is 0 Å². The Morgan fingerprint density at radius 2 is 0.918 bits per heavy atom. The minimum atomic E-state index is 0.332. The molecular weight excluding hydrogens is 895 g/mol. The lowest BCUT2D eigenvalue weighted by Crippen LogP contribution is -2.04. The maximum Gasteiger partial charge on any atom is 0.196 e. The first kappa shape index (κ1) is 44.3. The van der Waals surface area contributed by atoms with Gasteiger partial charge in [0.1, 0.15) is 0 Å². The maximum absolute atomic E-state index is 10.9. The van der Waals surface area contributed by atoms with E-state index < -0.39 is 0 Å². The van der Waals surface area contributed by atoms with Crippen LogP contribution in [0.15, 0.2) is 200 Å². The fraction of sp³-hybridized carbons (Fsp3) is 0. The molecule has 0 atom stereocenters. The molecule has 0 radical (unpaired) electrons. The van der Waals surface area contributed by atoms with Crippen molar-refractivity contribution < 1.29 is 0 Å². The first-order valence-electron chi connectivity index (χ1n) is 23.0. The zero-order chi connectivity index (χ0) is 50.0. The van der Waals surface area contributed by atoms with Crippen molar-refractivity contribution in [1.29, 1.82) is 21.0 Å². The van der Waals surface area contributed by atoms with Crippen LogP contribution in [0.1, 0.15) is 22.3 Å². The number of hydrogen-bond acceptors (Lipinski definition) is 6. The zero-order valence-electron chi connectivity index (χ0n) is 38.6. The van der Waals surface area contributed by atoms with Crippen LogP contribution in [-0.4, -0.2) is 14.5 Å². The van der Waals surface area contributed by atoms with Gasteiger partial charge in [-0.15, -0.1) is 0 Å². The van der Waals surface area contributed by atoms with Crippen LogP contribution in [-0.2, 0) is 0 Å². The van der Waals surface area contributed by atoms with Gasteiger partial charge in [-0.05, 0) is 95.1 Å². The third kappa shape index (κ3) is 7.93. The molecule has 2 heterocycles. The number of benzene rings is 9. The Morgan fingerprint density at radius 1 is 0.384 bits per heavy atom. The zero-order valence-corrected chi connectivity index (χ0v) is 38.6. The van der Waals surface area contributed by atoms with Crippen LogP contribution in [0.5, 0.6) is 0 Å². The highest BCUT2D eigenvalue weighted by Gasteiger charge is 2.26. The van der Waals surface area contributed by atoms with E-state index in [0.717, 1.165) is 49.6 Å². The number of aromatic nitrogens is 3. The van der Waals surface area contributed by atoms with Crippen molar-refractivity contribution >= 4 is 33.2 Å². The highest BCUT2D eigenvalue weighted by Crippen LogP contribution is 2.47. The van der Waals surface area contributed by atoms with Gasteiger partial charge in [-0.1, -0.05) is 127 Å². The Bertz CT molecular complexity index is 4070. The summed E-state index contributed by atoms with van der Waals surface area (Å²) >= 11 is 0. The third-order valence-electron chi connectivity index (χ3n) is 13.0. The molecule has 11 rings (SSSR count). The molecule has 2 aromatic heterocycles. The van der Waals surface area contributed by atoms with E-state index >= 15 is 0 Å². The Kier molecular flexibility index (Phi) is 11.4. The van der Waals surface area contributed by atoms with Crippen LogP contribution in [0.25, 0.3) is 116 Å². The molecule has 9 heteroatoms. The minimum absolute atomic E-state index is 0.332. The monoisotopic (exact) mass is 927 g/mol. The van der Waals surface area contributed by atoms with Crippen LogP contribution in [0, 0.1) is 58.5 Å². The molecule has 0 aliphatic heterocycles. The fourth-order valence-electron chi connectivity index (χ4n) is 9.62. The van der Waals surface area contributed by atoms with Gasteiger partial charge < -0.3 is 4.57 Å². The summed E-state index contributed by atoms with van der Waals surface area (Å²) in [6.45, 7) is 15.7. The molecule has 11 aromatic rings. The van der Waals surface area contributed by atoms with Crippen molar-refractivity contribution in [2.24, 2.45) is 0 Å². The van der Waals surface area contributed by atoms with Crippen molar-refractivity contribution in [1.82, 2.24) is 14.5 Å². The molecule has 0 unspecified atom stereocenters.